The first-order chi connectivity index (χ1) is 9.31. The van der Waals surface area contributed by atoms with Gasteiger partial charge in [0.05, 0.1) is 11.7 Å². The van der Waals surface area contributed by atoms with Crippen molar-refractivity contribution < 1.29 is 14.6 Å². The van der Waals surface area contributed by atoms with Crippen LogP contribution >= 0.6 is 0 Å². The quantitative estimate of drug-likeness (QED) is 0.794. The summed E-state index contributed by atoms with van der Waals surface area (Å²) in [5.41, 5.74) is 1.16. The van der Waals surface area contributed by atoms with Crippen LogP contribution in [-0.4, -0.2) is 36.9 Å². The second-order valence-electron chi connectivity index (χ2n) is 4.35. The van der Waals surface area contributed by atoms with Crippen LogP contribution in [0.5, 0.6) is 0 Å². The van der Waals surface area contributed by atoms with E-state index in [2.05, 4.69) is 17.2 Å². The lowest BCUT2D eigenvalue weighted by Crippen LogP contribution is -2.32. The molecule has 1 saturated heterocycles. The summed E-state index contributed by atoms with van der Waals surface area (Å²) in [6.07, 6.45) is 2.17. The molecule has 100 valence electrons. The third kappa shape index (κ3) is 3.82. The Morgan fingerprint density at radius 2 is 2.32 bits per heavy atom. The molecule has 1 aliphatic rings. The number of carbonyl (C=O) groups is 1. The zero-order chi connectivity index (χ0) is 13.5. The van der Waals surface area contributed by atoms with Crippen molar-refractivity contribution in [3.8, 4) is 11.8 Å². The third-order valence-corrected chi connectivity index (χ3v) is 2.99. The Morgan fingerprint density at radius 3 is 3.05 bits per heavy atom. The molecule has 4 nitrogen and oxygen atoms in total. The zero-order valence-corrected chi connectivity index (χ0v) is 10.7. The largest absolute Gasteiger partial charge is 0.384 e. The molecule has 2 rings (SSSR count). The topological polar surface area (TPSA) is 58.6 Å². The van der Waals surface area contributed by atoms with Crippen LogP contribution in [0, 0.1) is 11.8 Å². The van der Waals surface area contributed by atoms with Crippen molar-refractivity contribution in [1.29, 1.82) is 0 Å². The van der Waals surface area contributed by atoms with Crippen LogP contribution in [0.25, 0.3) is 0 Å². The van der Waals surface area contributed by atoms with Gasteiger partial charge in [-0.05, 0) is 25.0 Å². The van der Waals surface area contributed by atoms with E-state index < -0.39 is 0 Å². The van der Waals surface area contributed by atoms with Gasteiger partial charge < -0.3 is 15.2 Å². The molecule has 0 aliphatic carbocycles. The maximum absolute atomic E-state index is 12.1. The number of hydrogen-bond donors (Lipinski definition) is 2. The van der Waals surface area contributed by atoms with E-state index in [4.69, 9.17) is 9.84 Å². The lowest BCUT2D eigenvalue weighted by molar-refractivity contribution is 0.0857. The summed E-state index contributed by atoms with van der Waals surface area (Å²) in [5.74, 6) is 5.18. The van der Waals surface area contributed by atoms with Crippen LogP contribution < -0.4 is 5.32 Å². The summed E-state index contributed by atoms with van der Waals surface area (Å²) in [6, 6.07) is 7.11. The molecule has 1 heterocycles. The highest BCUT2D eigenvalue weighted by Crippen LogP contribution is 2.11. The molecular weight excluding hydrogens is 242 g/mol. The standard InChI is InChI=1S/C15H17NO3/c17-9-3-6-12-5-1-2-8-14(12)15(18)16-11-13-7-4-10-19-13/h1-2,5,8,13,17H,4,7,9-11H2,(H,16,18). The summed E-state index contributed by atoms with van der Waals surface area (Å²) in [5, 5.41) is 11.6. The summed E-state index contributed by atoms with van der Waals surface area (Å²) in [4.78, 5) is 12.1. The number of carbonyl (C=O) groups excluding carboxylic acids is 1. The van der Waals surface area contributed by atoms with E-state index in [9.17, 15) is 4.79 Å². The number of amides is 1. The Kier molecular flexibility index (Phi) is 4.96. The van der Waals surface area contributed by atoms with Crippen molar-refractivity contribution in [2.24, 2.45) is 0 Å². The minimum Gasteiger partial charge on any atom is -0.384 e. The van der Waals surface area contributed by atoms with Crippen molar-refractivity contribution in [2.45, 2.75) is 18.9 Å². The molecule has 1 aromatic rings. The average molecular weight is 259 g/mol. The van der Waals surface area contributed by atoms with Gasteiger partial charge in [-0.2, -0.15) is 0 Å². The fourth-order valence-electron chi connectivity index (χ4n) is 2.03. The van der Waals surface area contributed by atoms with E-state index in [1.54, 1.807) is 18.2 Å². The molecule has 1 amide bonds. The van der Waals surface area contributed by atoms with Crippen molar-refractivity contribution in [1.82, 2.24) is 5.32 Å². The van der Waals surface area contributed by atoms with E-state index in [1.165, 1.54) is 0 Å². The van der Waals surface area contributed by atoms with Gasteiger partial charge in [0.1, 0.15) is 6.61 Å². The Hall–Kier alpha value is -1.83. The van der Waals surface area contributed by atoms with E-state index in [0.717, 1.165) is 19.4 Å². The Bertz CT molecular complexity index is 496. The molecular formula is C15H17NO3. The molecule has 1 aromatic carbocycles. The maximum atomic E-state index is 12.1. The number of benzene rings is 1. The minimum absolute atomic E-state index is 0.125. The van der Waals surface area contributed by atoms with Crippen LogP contribution in [0.3, 0.4) is 0 Å². The molecule has 19 heavy (non-hydrogen) atoms. The van der Waals surface area contributed by atoms with E-state index in [1.807, 2.05) is 6.07 Å². The highest BCUT2D eigenvalue weighted by molar-refractivity contribution is 5.96. The number of rotatable bonds is 3. The van der Waals surface area contributed by atoms with Gasteiger partial charge in [0, 0.05) is 18.7 Å². The van der Waals surface area contributed by atoms with E-state index in [0.29, 0.717) is 17.7 Å². The average Bonchev–Trinajstić information content (AvgIpc) is 2.96. The SMILES string of the molecule is O=C(NCC1CCCO1)c1ccccc1C#CCO. The van der Waals surface area contributed by atoms with Gasteiger partial charge in [-0.15, -0.1) is 0 Å². The second-order valence-corrected chi connectivity index (χ2v) is 4.35. The number of aliphatic hydroxyl groups excluding tert-OH is 1. The molecule has 1 unspecified atom stereocenters. The van der Waals surface area contributed by atoms with Gasteiger partial charge in [0.15, 0.2) is 0 Å². The van der Waals surface area contributed by atoms with Gasteiger partial charge in [0.2, 0.25) is 0 Å². The maximum Gasteiger partial charge on any atom is 0.252 e. The van der Waals surface area contributed by atoms with Gasteiger partial charge >= 0.3 is 0 Å². The van der Waals surface area contributed by atoms with E-state index in [-0.39, 0.29) is 18.6 Å². The molecule has 1 aliphatic heterocycles. The van der Waals surface area contributed by atoms with Crippen LogP contribution in [0.1, 0.15) is 28.8 Å². The first-order valence-electron chi connectivity index (χ1n) is 6.40. The number of ether oxygens (including phenoxy) is 1. The minimum atomic E-state index is -0.216. The smallest absolute Gasteiger partial charge is 0.252 e. The first kappa shape index (κ1) is 13.6. The van der Waals surface area contributed by atoms with Crippen molar-refractivity contribution in [3.63, 3.8) is 0 Å². The van der Waals surface area contributed by atoms with Crippen LogP contribution in [0.2, 0.25) is 0 Å². The molecule has 1 atom stereocenters. The first-order valence-corrected chi connectivity index (χ1v) is 6.40. The number of aliphatic hydroxyl groups is 1. The van der Waals surface area contributed by atoms with Crippen LogP contribution in [0.4, 0.5) is 0 Å². The van der Waals surface area contributed by atoms with Gasteiger partial charge in [-0.3, -0.25) is 4.79 Å². The fourth-order valence-corrected chi connectivity index (χ4v) is 2.03. The Morgan fingerprint density at radius 1 is 1.47 bits per heavy atom. The molecule has 0 radical (unpaired) electrons. The zero-order valence-electron chi connectivity index (χ0n) is 10.7. The fraction of sp³-hybridized carbons (Fsp3) is 0.400. The van der Waals surface area contributed by atoms with Gasteiger partial charge in [-0.25, -0.2) is 0 Å². The second kappa shape index (κ2) is 6.93. The van der Waals surface area contributed by atoms with Gasteiger partial charge in [-0.1, -0.05) is 24.0 Å². The van der Waals surface area contributed by atoms with Crippen molar-refractivity contribution in [2.75, 3.05) is 19.8 Å². The Balaban J connectivity index is 2.01. The summed E-state index contributed by atoms with van der Waals surface area (Å²) < 4.78 is 5.46. The van der Waals surface area contributed by atoms with E-state index >= 15 is 0 Å². The normalized spacial score (nSPS) is 17.6. The molecule has 2 N–H and O–H groups in total. The summed E-state index contributed by atoms with van der Waals surface area (Å²) in [6.45, 7) is 1.09. The van der Waals surface area contributed by atoms with Crippen molar-refractivity contribution in [3.05, 3.63) is 35.4 Å². The Labute approximate surface area is 112 Å². The summed E-state index contributed by atoms with van der Waals surface area (Å²) in [7, 11) is 0. The summed E-state index contributed by atoms with van der Waals surface area (Å²) >= 11 is 0. The van der Waals surface area contributed by atoms with Crippen LogP contribution in [0.15, 0.2) is 24.3 Å². The van der Waals surface area contributed by atoms with Crippen molar-refractivity contribution >= 4 is 5.91 Å². The molecule has 0 aromatic heterocycles. The van der Waals surface area contributed by atoms with Crippen LogP contribution in [-0.2, 0) is 4.74 Å². The molecule has 0 spiro atoms. The highest BCUT2D eigenvalue weighted by atomic mass is 16.5. The number of nitrogens with one attached hydrogen (secondary N) is 1. The lowest BCUT2D eigenvalue weighted by atomic mass is 10.1. The number of hydrogen-bond acceptors (Lipinski definition) is 3. The third-order valence-electron chi connectivity index (χ3n) is 2.99. The molecule has 1 fully saturated rings. The highest BCUT2D eigenvalue weighted by Gasteiger charge is 2.17. The predicted molar refractivity (Wildman–Crippen MR) is 71.7 cm³/mol. The monoisotopic (exact) mass is 259 g/mol. The molecule has 0 saturated carbocycles. The molecule has 4 heteroatoms. The molecule has 0 bridgehead atoms. The lowest BCUT2D eigenvalue weighted by Gasteiger charge is -2.11. The predicted octanol–water partition coefficient (Wildman–Crippen LogP) is 0.939. The van der Waals surface area contributed by atoms with Gasteiger partial charge in [0.25, 0.3) is 5.91 Å².